The quantitative estimate of drug-likeness (QED) is 0.667. The zero-order valence-corrected chi connectivity index (χ0v) is 15.2. The van der Waals surface area contributed by atoms with E-state index in [1.54, 1.807) is 55.7 Å². The van der Waals surface area contributed by atoms with Gasteiger partial charge in [0.05, 0.1) is 19.9 Å². The van der Waals surface area contributed by atoms with Crippen LogP contribution in [0.2, 0.25) is 0 Å². The van der Waals surface area contributed by atoms with E-state index in [2.05, 4.69) is 12.1 Å². The summed E-state index contributed by atoms with van der Waals surface area (Å²) in [7, 11) is 4.90. The fourth-order valence-electron chi connectivity index (χ4n) is 2.54. The highest BCUT2D eigenvalue weighted by Crippen LogP contribution is 2.33. The van der Waals surface area contributed by atoms with Crippen molar-refractivity contribution >= 4 is 22.9 Å². The van der Waals surface area contributed by atoms with Gasteiger partial charge in [0.25, 0.3) is 5.91 Å². The van der Waals surface area contributed by atoms with Crippen molar-refractivity contribution in [3.8, 4) is 21.9 Å². The van der Waals surface area contributed by atoms with Crippen molar-refractivity contribution in [2.45, 2.75) is 0 Å². The van der Waals surface area contributed by atoms with E-state index in [0.717, 1.165) is 16.1 Å². The number of carbonyl (C=O) groups is 1. The van der Waals surface area contributed by atoms with Crippen molar-refractivity contribution in [2.24, 2.45) is 0 Å². The molecule has 25 heavy (non-hydrogen) atoms. The molecule has 0 aliphatic rings. The van der Waals surface area contributed by atoms with Gasteiger partial charge in [-0.15, -0.1) is 11.3 Å². The van der Waals surface area contributed by atoms with Crippen molar-refractivity contribution in [1.29, 1.82) is 0 Å². The summed E-state index contributed by atoms with van der Waals surface area (Å²) in [4.78, 5) is 15.6. The van der Waals surface area contributed by atoms with Crippen LogP contribution in [0.5, 0.6) is 11.5 Å². The number of benzene rings is 2. The van der Waals surface area contributed by atoms with Gasteiger partial charge in [-0.3, -0.25) is 4.79 Å². The molecule has 0 fully saturated rings. The zero-order chi connectivity index (χ0) is 17.8. The van der Waals surface area contributed by atoms with Crippen molar-refractivity contribution in [2.75, 3.05) is 26.2 Å². The van der Waals surface area contributed by atoms with Crippen LogP contribution < -0.4 is 14.4 Å². The van der Waals surface area contributed by atoms with Crippen LogP contribution in [0.3, 0.4) is 0 Å². The maximum atomic E-state index is 12.8. The zero-order valence-electron chi connectivity index (χ0n) is 14.4. The molecule has 4 nitrogen and oxygen atoms in total. The number of anilines is 1. The molecule has 0 saturated heterocycles. The third kappa shape index (κ3) is 3.51. The molecule has 0 atom stereocenters. The normalized spacial score (nSPS) is 10.4. The number of ether oxygens (including phenoxy) is 2. The monoisotopic (exact) mass is 353 g/mol. The van der Waals surface area contributed by atoms with E-state index in [4.69, 9.17) is 9.47 Å². The van der Waals surface area contributed by atoms with Gasteiger partial charge in [0.15, 0.2) is 11.5 Å². The summed E-state index contributed by atoms with van der Waals surface area (Å²) in [5, 5.41) is 1.99. The molecule has 1 heterocycles. The van der Waals surface area contributed by atoms with Gasteiger partial charge in [-0.05, 0) is 29.8 Å². The first-order valence-electron chi connectivity index (χ1n) is 7.78. The molecule has 3 aromatic rings. The lowest BCUT2D eigenvalue weighted by atomic mass is 10.1. The standard InChI is InChI=1S/C20H19NO3S/c1-21(16-12-19(25-13-16)14-7-5-4-6-8-14)20(22)15-9-10-17(23-2)18(11-15)24-3/h4-13H,1-3H3. The SMILES string of the molecule is COc1ccc(C(=O)N(C)c2csc(-c3ccccc3)c2)cc1OC. The minimum absolute atomic E-state index is 0.0987. The van der Waals surface area contributed by atoms with Crippen LogP contribution in [-0.2, 0) is 0 Å². The third-order valence-electron chi connectivity index (χ3n) is 3.97. The lowest BCUT2D eigenvalue weighted by Crippen LogP contribution is -2.25. The number of nitrogens with zero attached hydrogens (tertiary/aromatic N) is 1. The molecule has 1 amide bonds. The largest absolute Gasteiger partial charge is 0.493 e. The first-order chi connectivity index (χ1) is 12.1. The number of rotatable bonds is 5. The maximum Gasteiger partial charge on any atom is 0.258 e. The Kier molecular flexibility index (Phi) is 5.05. The van der Waals surface area contributed by atoms with E-state index in [9.17, 15) is 4.79 Å². The number of thiophene rings is 1. The second-order valence-electron chi connectivity index (χ2n) is 5.47. The van der Waals surface area contributed by atoms with Crippen LogP contribution in [0.1, 0.15) is 10.4 Å². The molecule has 128 valence electrons. The second kappa shape index (κ2) is 7.40. The number of carbonyl (C=O) groups excluding carboxylic acids is 1. The number of methoxy groups -OCH3 is 2. The molecule has 0 saturated carbocycles. The highest BCUT2D eigenvalue weighted by molar-refractivity contribution is 7.14. The van der Waals surface area contributed by atoms with Crippen LogP contribution in [0.25, 0.3) is 10.4 Å². The van der Waals surface area contributed by atoms with Gasteiger partial charge in [0.2, 0.25) is 0 Å². The topological polar surface area (TPSA) is 38.8 Å². The van der Waals surface area contributed by atoms with E-state index < -0.39 is 0 Å². The minimum Gasteiger partial charge on any atom is -0.493 e. The van der Waals surface area contributed by atoms with Gasteiger partial charge in [-0.25, -0.2) is 0 Å². The molecular weight excluding hydrogens is 334 g/mol. The maximum absolute atomic E-state index is 12.8. The molecule has 0 spiro atoms. The van der Waals surface area contributed by atoms with E-state index in [1.807, 2.05) is 29.6 Å². The molecular formula is C20H19NO3S. The first kappa shape index (κ1) is 17.0. The molecule has 2 aromatic carbocycles. The summed E-state index contributed by atoms with van der Waals surface area (Å²) in [6.45, 7) is 0. The molecule has 5 heteroatoms. The van der Waals surface area contributed by atoms with E-state index in [0.29, 0.717) is 17.1 Å². The van der Waals surface area contributed by atoms with Crippen molar-refractivity contribution in [3.05, 3.63) is 65.5 Å². The van der Waals surface area contributed by atoms with Crippen LogP contribution in [0.4, 0.5) is 5.69 Å². The summed E-state index contributed by atoms with van der Waals surface area (Å²) in [5.41, 5.74) is 2.56. The summed E-state index contributed by atoms with van der Waals surface area (Å²) in [6.07, 6.45) is 0. The van der Waals surface area contributed by atoms with Crippen LogP contribution >= 0.6 is 11.3 Å². The van der Waals surface area contributed by atoms with E-state index in [-0.39, 0.29) is 5.91 Å². The van der Waals surface area contributed by atoms with Crippen LogP contribution in [0, 0.1) is 0 Å². The summed E-state index contributed by atoms with van der Waals surface area (Å²) in [6, 6.07) is 17.3. The van der Waals surface area contributed by atoms with Crippen LogP contribution in [0.15, 0.2) is 60.0 Å². The Morgan fingerprint density at radius 1 is 0.960 bits per heavy atom. The Labute approximate surface area is 151 Å². The highest BCUT2D eigenvalue weighted by Gasteiger charge is 2.17. The summed E-state index contributed by atoms with van der Waals surface area (Å²) in [5.74, 6) is 1.04. The fraction of sp³-hybridized carbons (Fsp3) is 0.150. The Bertz CT molecular complexity index is 874. The van der Waals surface area contributed by atoms with Gasteiger partial charge in [0, 0.05) is 22.9 Å². The van der Waals surface area contributed by atoms with Gasteiger partial charge < -0.3 is 14.4 Å². The smallest absolute Gasteiger partial charge is 0.258 e. The highest BCUT2D eigenvalue weighted by atomic mass is 32.1. The van der Waals surface area contributed by atoms with Crippen molar-refractivity contribution in [3.63, 3.8) is 0 Å². The molecule has 1 aromatic heterocycles. The van der Waals surface area contributed by atoms with Gasteiger partial charge >= 0.3 is 0 Å². The summed E-state index contributed by atoms with van der Waals surface area (Å²) < 4.78 is 10.5. The molecule has 0 bridgehead atoms. The number of amides is 1. The molecule has 0 unspecified atom stereocenters. The predicted octanol–water partition coefficient (Wildman–Crippen LogP) is 4.71. The lowest BCUT2D eigenvalue weighted by molar-refractivity contribution is 0.0992. The summed E-state index contributed by atoms with van der Waals surface area (Å²) >= 11 is 1.62. The van der Waals surface area contributed by atoms with Gasteiger partial charge in [-0.1, -0.05) is 30.3 Å². The van der Waals surface area contributed by atoms with E-state index in [1.165, 1.54) is 0 Å². The molecule has 0 aliphatic carbocycles. The minimum atomic E-state index is -0.0987. The average Bonchev–Trinajstić information content (AvgIpc) is 3.17. The average molecular weight is 353 g/mol. The Morgan fingerprint density at radius 3 is 2.36 bits per heavy atom. The lowest BCUT2D eigenvalue weighted by Gasteiger charge is -2.16. The van der Waals surface area contributed by atoms with Gasteiger partial charge in [0.1, 0.15) is 0 Å². The molecule has 3 rings (SSSR count). The molecule has 0 radical (unpaired) electrons. The first-order valence-corrected chi connectivity index (χ1v) is 8.66. The van der Waals surface area contributed by atoms with Crippen LogP contribution in [-0.4, -0.2) is 27.2 Å². The Hall–Kier alpha value is -2.79. The van der Waals surface area contributed by atoms with Crippen molar-refractivity contribution < 1.29 is 14.3 Å². The second-order valence-corrected chi connectivity index (χ2v) is 6.38. The number of hydrogen-bond acceptors (Lipinski definition) is 4. The molecule has 0 aliphatic heterocycles. The van der Waals surface area contributed by atoms with Gasteiger partial charge in [-0.2, -0.15) is 0 Å². The fourth-order valence-corrected chi connectivity index (χ4v) is 3.47. The predicted molar refractivity (Wildman–Crippen MR) is 102 cm³/mol. The number of hydrogen-bond donors (Lipinski definition) is 0. The molecule has 0 N–H and O–H groups in total. The van der Waals surface area contributed by atoms with E-state index >= 15 is 0 Å². The third-order valence-corrected chi connectivity index (χ3v) is 4.93. The Morgan fingerprint density at radius 2 is 1.68 bits per heavy atom. The Balaban J connectivity index is 1.85. The van der Waals surface area contributed by atoms with Crippen molar-refractivity contribution in [1.82, 2.24) is 0 Å².